The molecule has 2 fully saturated rings. The van der Waals surface area contributed by atoms with E-state index < -0.39 is 0 Å². The van der Waals surface area contributed by atoms with Gasteiger partial charge in [0.05, 0.1) is 10.5 Å². The third-order valence-corrected chi connectivity index (χ3v) is 8.33. The van der Waals surface area contributed by atoms with Gasteiger partial charge in [0, 0.05) is 43.4 Å². The fraction of sp³-hybridized carbons (Fsp3) is 0.464. The molecular weight excluding hydrogens is 531 g/mol. The Hall–Kier alpha value is -1.05. The second-order valence-electron chi connectivity index (χ2n) is 9.46. The largest absolute Gasteiger partial charge is 0.303 e. The smallest absolute Gasteiger partial charge is 0.0970 e. The summed E-state index contributed by atoms with van der Waals surface area (Å²) in [5.74, 6) is 0. The van der Waals surface area contributed by atoms with Crippen LogP contribution in [0.1, 0.15) is 24.8 Å². The summed E-state index contributed by atoms with van der Waals surface area (Å²) in [6.07, 6.45) is 3.84. The quantitative estimate of drug-likeness (QED) is 0.318. The van der Waals surface area contributed by atoms with Gasteiger partial charge in [0.25, 0.3) is 0 Å². The van der Waals surface area contributed by atoms with Gasteiger partial charge in [-0.25, -0.2) is 4.98 Å². The van der Waals surface area contributed by atoms with Gasteiger partial charge in [-0.2, -0.15) is 0 Å². The SMILES string of the molecule is Cl.Cl.Cl.c1ccc(CN2CCN(CCCN3CCC(Sc4ccc5ccccc5n4)CC3)CC2)cc1. The number of para-hydroxylation sites is 1. The number of hydrogen-bond donors (Lipinski definition) is 0. The molecule has 0 amide bonds. The fourth-order valence-corrected chi connectivity index (χ4v) is 6.15. The van der Waals surface area contributed by atoms with Crippen molar-refractivity contribution in [2.45, 2.75) is 36.1 Å². The summed E-state index contributed by atoms with van der Waals surface area (Å²) in [5.41, 5.74) is 2.55. The van der Waals surface area contributed by atoms with E-state index in [2.05, 4.69) is 81.4 Å². The van der Waals surface area contributed by atoms with Crippen molar-refractivity contribution < 1.29 is 0 Å². The van der Waals surface area contributed by atoms with Crippen molar-refractivity contribution in [1.82, 2.24) is 19.7 Å². The number of thioether (sulfide) groups is 1. The number of piperazine rings is 1. The third kappa shape index (κ3) is 9.05. The van der Waals surface area contributed by atoms with Gasteiger partial charge in [-0.3, -0.25) is 4.90 Å². The predicted octanol–water partition coefficient (Wildman–Crippen LogP) is 6.26. The molecule has 1 aromatic heterocycles. The maximum Gasteiger partial charge on any atom is 0.0970 e. The molecule has 4 nitrogen and oxygen atoms in total. The van der Waals surface area contributed by atoms with Crippen molar-refractivity contribution in [1.29, 1.82) is 0 Å². The zero-order valence-electron chi connectivity index (χ0n) is 20.8. The standard InChI is InChI=1S/C28H36N4S.3ClH/c1-2-7-24(8-3-1)23-32-21-19-31(20-22-32)16-6-15-30-17-13-26(14-18-30)33-28-12-11-25-9-4-5-10-27(25)29-28;;;/h1-5,7-12,26H,6,13-23H2;3*1H. The molecule has 0 bridgehead atoms. The van der Waals surface area contributed by atoms with Crippen LogP contribution in [0.4, 0.5) is 0 Å². The molecule has 3 heterocycles. The number of benzene rings is 2. The molecule has 2 aliphatic rings. The molecule has 5 rings (SSSR count). The highest BCUT2D eigenvalue weighted by atomic mass is 35.5. The molecule has 0 aliphatic carbocycles. The minimum atomic E-state index is 0. The molecule has 2 aromatic carbocycles. The van der Waals surface area contributed by atoms with Gasteiger partial charge in [0.1, 0.15) is 0 Å². The minimum Gasteiger partial charge on any atom is -0.303 e. The van der Waals surface area contributed by atoms with Gasteiger partial charge >= 0.3 is 0 Å². The van der Waals surface area contributed by atoms with Gasteiger partial charge in [0.2, 0.25) is 0 Å². The second kappa shape index (κ2) is 16.0. The first-order valence-electron chi connectivity index (χ1n) is 12.6. The van der Waals surface area contributed by atoms with E-state index in [9.17, 15) is 0 Å². The Morgan fingerprint density at radius 1 is 0.667 bits per heavy atom. The maximum absolute atomic E-state index is 4.86. The summed E-state index contributed by atoms with van der Waals surface area (Å²) in [6.45, 7) is 10.9. The summed E-state index contributed by atoms with van der Waals surface area (Å²) in [6, 6.07) is 23.7. The molecule has 0 spiro atoms. The average molecular weight is 570 g/mol. The lowest BCUT2D eigenvalue weighted by molar-refractivity contribution is 0.120. The maximum atomic E-state index is 4.86. The van der Waals surface area contributed by atoms with E-state index in [0.29, 0.717) is 5.25 Å². The molecule has 0 atom stereocenters. The Balaban J connectivity index is 0.00000152. The second-order valence-corrected chi connectivity index (χ2v) is 10.8. The highest BCUT2D eigenvalue weighted by molar-refractivity contribution is 7.99. The molecule has 0 N–H and O–H groups in total. The average Bonchev–Trinajstić information content (AvgIpc) is 2.87. The lowest BCUT2D eigenvalue weighted by Crippen LogP contribution is -2.46. The highest BCUT2D eigenvalue weighted by Crippen LogP contribution is 2.30. The van der Waals surface area contributed by atoms with Crippen LogP contribution in [-0.4, -0.2) is 77.3 Å². The monoisotopic (exact) mass is 568 g/mol. The van der Waals surface area contributed by atoms with Crippen molar-refractivity contribution in [2.24, 2.45) is 0 Å². The fourth-order valence-electron chi connectivity index (χ4n) is 5.07. The molecule has 2 saturated heterocycles. The number of aromatic nitrogens is 1. The lowest BCUT2D eigenvalue weighted by atomic mass is 10.1. The number of nitrogens with zero attached hydrogens (tertiary/aromatic N) is 4. The summed E-state index contributed by atoms with van der Waals surface area (Å²) < 4.78 is 0. The minimum absolute atomic E-state index is 0. The first-order chi connectivity index (χ1) is 16.3. The van der Waals surface area contributed by atoms with Gasteiger partial charge in [-0.15, -0.1) is 49.0 Å². The van der Waals surface area contributed by atoms with E-state index in [1.165, 1.54) is 87.6 Å². The first-order valence-corrected chi connectivity index (χ1v) is 13.4. The summed E-state index contributed by atoms with van der Waals surface area (Å²) in [4.78, 5) is 12.8. The predicted molar refractivity (Wildman–Crippen MR) is 162 cm³/mol. The zero-order valence-corrected chi connectivity index (χ0v) is 24.1. The van der Waals surface area contributed by atoms with Crippen LogP contribution in [0, 0.1) is 0 Å². The Kier molecular flexibility index (Phi) is 13.9. The number of halogens is 3. The van der Waals surface area contributed by atoms with Crippen molar-refractivity contribution in [3.63, 3.8) is 0 Å². The van der Waals surface area contributed by atoms with E-state index in [0.717, 1.165) is 12.1 Å². The van der Waals surface area contributed by atoms with Gasteiger partial charge in [-0.1, -0.05) is 54.6 Å². The van der Waals surface area contributed by atoms with Crippen LogP contribution in [-0.2, 0) is 6.54 Å². The zero-order chi connectivity index (χ0) is 22.3. The highest BCUT2D eigenvalue weighted by Gasteiger charge is 2.21. The molecule has 3 aromatic rings. The van der Waals surface area contributed by atoms with E-state index in [-0.39, 0.29) is 37.2 Å². The number of piperidine rings is 1. The van der Waals surface area contributed by atoms with Crippen LogP contribution in [0.5, 0.6) is 0 Å². The molecule has 8 heteroatoms. The molecule has 36 heavy (non-hydrogen) atoms. The Morgan fingerprint density at radius 3 is 2.00 bits per heavy atom. The summed E-state index contributed by atoms with van der Waals surface area (Å²) in [5, 5.41) is 3.11. The molecule has 2 aliphatic heterocycles. The van der Waals surface area contributed by atoms with Crippen LogP contribution in [0.25, 0.3) is 10.9 Å². The van der Waals surface area contributed by atoms with Gasteiger partial charge in [-0.05, 0) is 63.1 Å². The molecule has 0 radical (unpaired) electrons. The van der Waals surface area contributed by atoms with E-state index in [1.54, 1.807) is 0 Å². The molecule has 0 unspecified atom stereocenters. The van der Waals surface area contributed by atoms with Crippen LogP contribution in [0.2, 0.25) is 0 Å². The van der Waals surface area contributed by atoms with Gasteiger partial charge < -0.3 is 9.80 Å². The Morgan fingerprint density at radius 2 is 1.28 bits per heavy atom. The third-order valence-electron chi connectivity index (χ3n) is 7.06. The van der Waals surface area contributed by atoms with Gasteiger partial charge in [0.15, 0.2) is 0 Å². The number of hydrogen-bond acceptors (Lipinski definition) is 5. The van der Waals surface area contributed by atoms with E-state index >= 15 is 0 Å². The molecular formula is C28H39Cl3N4S. The van der Waals surface area contributed by atoms with E-state index in [4.69, 9.17) is 4.98 Å². The van der Waals surface area contributed by atoms with Crippen molar-refractivity contribution in [3.8, 4) is 0 Å². The Labute approximate surface area is 239 Å². The van der Waals surface area contributed by atoms with Crippen molar-refractivity contribution in [3.05, 3.63) is 72.3 Å². The normalized spacial score (nSPS) is 17.7. The number of fused-ring (bicyclic) bond motifs is 1. The van der Waals surface area contributed by atoms with Crippen molar-refractivity contribution in [2.75, 3.05) is 52.4 Å². The van der Waals surface area contributed by atoms with Crippen molar-refractivity contribution >= 4 is 59.9 Å². The lowest BCUT2D eigenvalue weighted by Gasteiger charge is -2.36. The number of likely N-dealkylation sites (tertiary alicyclic amines) is 1. The number of pyridine rings is 1. The van der Waals surface area contributed by atoms with E-state index in [1.807, 2.05) is 11.8 Å². The number of rotatable bonds is 8. The van der Waals surface area contributed by atoms with Crippen LogP contribution >= 0.6 is 49.0 Å². The molecule has 198 valence electrons. The summed E-state index contributed by atoms with van der Waals surface area (Å²) >= 11 is 1.98. The molecule has 0 saturated carbocycles. The first kappa shape index (κ1) is 31.2. The summed E-state index contributed by atoms with van der Waals surface area (Å²) in [7, 11) is 0. The van der Waals surface area contributed by atoms with Crippen LogP contribution in [0.15, 0.2) is 71.8 Å². The van der Waals surface area contributed by atoms with Crippen LogP contribution in [0.3, 0.4) is 0 Å². The Bertz CT molecular complexity index is 1010. The van der Waals surface area contributed by atoms with Crippen LogP contribution < -0.4 is 0 Å². The topological polar surface area (TPSA) is 22.6 Å².